The average Bonchev–Trinajstić information content (AvgIpc) is 2.39. The maximum Gasteiger partial charge on any atom is 0.416 e. The van der Waals surface area contributed by atoms with Gasteiger partial charge in [-0.3, -0.25) is 11.3 Å². The van der Waals surface area contributed by atoms with E-state index in [9.17, 15) is 13.2 Å². The van der Waals surface area contributed by atoms with Crippen molar-refractivity contribution >= 4 is 11.8 Å². The Kier molecular flexibility index (Phi) is 6.36. The zero-order valence-corrected chi connectivity index (χ0v) is 12.7. The largest absolute Gasteiger partial charge is 0.416 e. The third-order valence-electron chi connectivity index (χ3n) is 3.30. The van der Waals surface area contributed by atoms with Gasteiger partial charge in [-0.2, -0.15) is 24.9 Å². The fourth-order valence-electron chi connectivity index (χ4n) is 1.85. The summed E-state index contributed by atoms with van der Waals surface area (Å²) in [5.74, 6) is 6.27. The fraction of sp³-hybridized carbons (Fsp3) is 0.571. The van der Waals surface area contributed by atoms with Gasteiger partial charge in [-0.25, -0.2) is 0 Å². The molecule has 0 aliphatic rings. The van der Waals surface area contributed by atoms with E-state index in [0.717, 1.165) is 23.8 Å². The molecule has 2 atom stereocenters. The van der Waals surface area contributed by atoms with Crippen molar-refractivity contribution in [2.24, 2.45) is 5.84 Å². The first-order valence-corrected chi connectivity index (χ1v) is 7.60. The van der Waals surface area contributed by atoms with E-state index in [1.165, 1.54) is 12.1 Å². The molecule has 2 nitrogen and oxygen atoms in total. The molecular formula is C14H21F3N2S. The Morgan fingerprint density at radius 2 is 2.00 bits per heavy atom. The Balaban J connectivity index is 2.88. The minimum atomic E-state index is -4.31. The summed E-state index contributed by atoms with van der Waals surface area (Å²) in [5, 5.41) is 0.501. The first kappa shape index (κ1) is 17.3. The highest BCUT2D eigenvalue weighted by Gasteiger charge is 2.31. The highest BCUT2D eigenvalue weighted by molar-refractivity contribution is 7.99. The predicted molar refractivity (Wildman–Crippen MR) is 78.5 cm³/mol. The minimum absolute atomic E-state index is 0.142. The molecule has 0 saturated carbocycles. The molecule has 0 radical (unpaired) electrons. The van der Waals surface area contributed by atoms with Crippen molar-refractivity contribution in [2.45, 2.75) is 44.7 Å². The molecule has 6 heteroatoms. The second-order valence-electron chi connectivity index (χ2n) is 4.84. The zero-order chi connectivity index (χ0) is 15.3. The van der Waals surface area contributed by atoms with Gasteiger partial charge < -0.3 is 0 Å². The Hall–Kier alpha value is -0.720. The van der Waals surface area contributed by atoms with Crippen LogP contribution in [-0.2, 0) is 6.18 Å². The summed E-state index contributed by atoms with van der Waals surface area (Å²) in [6.07, 6.45) is -3.26. The lowest BCUT2D eigenvalue weighted by atomic mass is 10.00. The maximum absolute atomic E-state index is 12.6. The summed E-state index contributed by atoms with van der Waals surface area (Å²) in [7, 11) is 0. The number of alkyl halides is 3. The van der Waals surface area contributed by atoms with Crippen LogP contribution >= 0.6 is 11.8 Å². The van der Waals surface area contributed by atoms with Gasteiger partial charge in [0.05, 0.1) is 11.6 Å². The van der Waals surface area contributed by atoms with Crippen LogP contribution in [0, 0.1) is 6.92 Å². The smallest absolute Gasteiger partial charge is 0.271 e. The standard InChI is InChI=1S/C14H21F3N2S/c1-4-10(3)20-8-13(19-18)12-6-5-11(7-9(12)2)14(15,16)17/h5-7,10,13,19H,4,8,18H2,1-3H3. The van der Waals surface area contributed by atoms with Crippen LogP contribution in [0.25, 0.3) is 0 Å². The van der Waals surface area contributed by atoms with Crippen LogP contribution in [0.1, 0.15) is 43.0 Å². The number of aryl methyl sites for hydroxylation is 1. The van der Waals surface area contributed by atoms with E-state index < -0.39 is 11.7 Å². The lowest BCUT2D eigenvalue weighted by Crippen LogP contribution is -2.30. The minimum Gasteiger partial charge on any atom is -0.271 e. The summed E-state index contributed by atoms with van der Waals surface area (Å²) >= 11 is 1.76. The van der Waals surface area contributed by atoms with E-state index in [-0.39, 0.29) is 6.04 Å². The van der Waals surface area contributed by atoms with Crippen LogP contribution in [0.4, 0.5) is 13.2 Å². The van der Waals surface area contributed by atoms with E-state index >= 15 is 0 Å². The van der Waals surface area contributed by atoms with Gasteiger partial charge in [0.15, 0.2) is 0 Å². The molecular weight excluding hydrogens is 285 g/mol. The molecule has 1 aromatic carbocycles. The van der Waals surface area contributed by atoms with Gasteiger partial charge in [-0.1, -0.05) is 19.9 Å². The molecule has 0 saturated heterocycles. The average molecular weight is 306 g/mol. The highest BCUT2D eigenvalue weighted by atomic mass is 32.2. The Bertz CT molecular complexity index is 435. The topological polar surface area (TPSA) is 38.0 Å². The molecule has 0 aliphatic carbocycles. The number of nitrogens with two attached hydrogens (primary N) is 1. The van der Waals surface area contributed by atoms with Crippen LogP contribution in [0.3, 0.4) is 0 Å². The van der Waals surface area contributed by atoms with Gasteiger partial charge in [0.2, 0.25) is 0 Å². The SMILES string of the molecule is CCC(C)SCC(NN)c1ccc(C(F)(F)F)cc1C. The third-order valence-corrected chi connectivity index (χ3v) is 4.72. The first-order chi connectivity index (χ1) is 9.29. The Morgan fingerprint density at radius 1 is 1.35 bits per heavy atom. The number of rotatable bonds is 6. The second-order valence-corrected chi connectivity index (χ2v) is 6.31. The predicted octanol–water partition coefficient (Wildman–Crippen LogP) is 4.05. The normalized spacial score (nSPS) is 15.2. The summed E-state index contributed by atoms with van der Waals surface area (Å²) in [6.45, 7) is 5.91. The molecule has 0 aliphatic heterocycles. The number of halogens is 3. The van der Waals surface area contributed by atoms with Crippen LogP contribution in [0.15, 0.2) is 18.2 Å². The number of nitrogens with one attached hydrogen (secondary N) is 1. The molecule has 0 amide bonds. The summed E-state index contributed by atoms with van der Waals surface area (Å²) in [6, 6.07) is 3.66. The molecule has 1 rings (SSSR count). The van der Waals surface area contributed by atoms with Crippen molar-refractivity contribution in [3.63, 3.8) is 0 Å². The number of hydrazine groups is 1. The van der Waals surface area contributed by atoms with Gasteiger partial charge in [-0.15, -0.1) is 0 Å². The van der Waals surface area contributed by atoms with Gasteiger partial charge in [0.25, 0.3) is 0 Å². The molecule has 114 valence electrons. The Morgan fingerprint density at radius 3 is 2.45 bits per heavy atom. The van der Waals surface area contributed by atoms with Gasteiger partial charge in [0.1, 0.15) is 0 Å². The number of thioether (sulfide) groups is 1. The molecule has 0 aromatic heterocycles. The maximum atomic E-state index is 12.6. The molecule has 3 N–H and O–H groups in total. The fourth-order valence-corrected chi connectivity index (χ4v) is 2.88. The summed E-state index contributed by atoms with van der Waals surface area (Å²) in [4.78, 5) is 0. The van der Waals surface area contributed by atoms with Crippen LogP contribution in [0.2, 0.25) is 0 Å². The third kappa shape index (κ3) is 4.68. The number of benzene rings is 1. The number of hydrogen-bond donors (Lipinski definition) is 2. The highest BCUT2D eigenvalue weighted by Crippen LogP contribution is 2.32. The van der Waals surface area contributed by atoms with Crippen molar-refractivity contribution < 1.29 is 13.2 Å². The van der Waals surface area contributed by atoms with Crippen molar-refractivity contribution in [1.82, 2.24) is 5.43 Å². The quantitative estimate of drug-likeness (QED) is 0.615. The van der Waals surface area contributed by atoms with E-state index in [4.69, 9.17) is 5.84 Å². The summed E-state index contributed by atoms with van der Waals surface area (Å²) in [5.41, 5.74) is 3.49. The Labute approximate surface area is 122 Å². The van der Waals surface area contributed by atoms with Gasteiger partial charge in [-0.05, 0) is 36.6 Å². The second kappa shape index (κ2) is 7.33. The molecule has 1 aromatic rings. The molecule has 0 heterocycles. The van der Waals surface area contributed by atoms with Crippen LogP contribution in [0.5, 0.6) is 0 Å². The van der Waals surface area contributed by atoms with E-state index in [1.807, 2.05) is 0 Å². The lowest BCUT2D eigenvalue weighted by molar-refractivity contribution is -0.137. The molecule has 0 bridgehead atoms. The van der Waals surface area contributed by atoms with Crippen LogP contribution in [-0.4, -0.2) is 11.0 Å². The van der Waals surface area contributed by atoms with E-state index in [0.29, 0.717) is 10.8 Å². The van der Waals surface area contributed by atoms with E-state index in [1.54, 1.807) is 18.7 Å². The molecule has 0 fully saturated rings. The zero-order valence-electron chi connectivity index (χ0n) is 11.9. The van der Waals surface area contributed by atoms with Gasteiger partial charge >= 0.3 is 6.18 Å². The van der Waals surface area contributed by atoms with Gasteiger partial charge in [0, 0.05) is 11.0 Å². The van der Waals surface area contributed by atoms with Crippen molar-refractivity contribution in [1.29, 1.82) is 0 Å². The van der Waals surface area contributed by atoms with Crippen molar-refractivity contribution in [2.75, 3.05) is 5.75 Å². The van der Waals surface area contributed by atoms with E-state index in [2.05, 4.69) is 19.3 Å². The molecule has 2 unspecified atom stereocenters. The van der Waals surface area contributed by atoms with Crippen LogP contribution < -0.4 is 11.3 Å². The monoisotopic (exact) mass is 306 g/mol. The summed E-state index contributed by atoms with van der Waals surface area (Å²) < 4.78 is 37.9. The first-order valence-electron chi connectivity index (χ1n) is 6.55. The van der Waals surface area contributed by atoms with Crippen molar-refractivity contribution in [3.8, 4) is 0 Å². The molecule has 20 heavy (non-hydrogen) atoms. The molecule has 0 spiro atoms. The lowest BCUT2D eigenvalue weighted by Gasteiger charge is -2.21. The van der Waals surface area contributed by atoms with Crippen molar-refractivity contribution in [3.05, 3.63) is 34.9 Å². The number of hydrogen-bond acceptors (Lipinski definition) is 3.